The minimum absolute atomic E-state index is 0.224. The van der Waals surface area contributed by atoms with Gasteiger partial charge in [-0.15, -0.1) is 0 Å². The van der Waals surface area contributed by atoms with Gasteiger partial charge < -0.3 is 10.2 Å². The number of likely N-dealkylation sites (N-methyl/N-ethyl adjacent to an activating group) is 1. The lowest BCUT2D eigenvalue weighted by molar-refractivity contribution is 0.123. The van der Waals surface area contributed by atoms with Crippen molar-refractivity contribution in [1.29, 1.82) is 0 Å². The molecule has 0 spiro atoms. The summed E-state index contributed by atoms with van der Waals surface area (Å²) in [4.78, 5) is 5.06. The lowest BCUT2D eigenvalue weighted by Crippen LogP contribution is -2.48. The maximum Gasteiger partial charge on any atom is 0.0226 e. The van der Waals surface area contributed by atoms with Crippen LogP contribution in [0.3, 0.4) is 0 Å². The fraction of sp³-hybridized carbons (Fsp3) is 1.00. The highest BCUT2D eigenvalue weighted by atomic mass is 15.2. The Balaban J connectivity index is 2.48. The van der Waals surface area contributed by atoms with Crippen molar-refractivity contribution >= 4 is 0 Å². The van der Waals surface area contributed by atoms with Gasteiger partial charge in [0, 0.05) is 24.2 Å². The van der Waals surface area contributed by atoms with Gasteiger partial charge in [-0.3, -0.25) is 4.90 Å². The summed E-state index contributed by atoms with van der Waals surface area (Å²) in [6, 6.07) is 1.42. The van der Waals surface area contributed by atoms with Gasteiger partial charge in [-0.05, 0) is 73.6 Å². The van der Waals surface area contributed by atoms with Gasteiger partial charge in [0.15, 0.2) is 0 Å². The summed E-state index contributed by atoms with van der Waals surface area (Å²) in [5, 5.41) is 3.64. The second-order valence-electron chi connectivity index (χ2n) is 7.64. The molecule has 0 aromatic carbocycles. The molecule has 1 aliphatic heterocycles. The maximum absolute atomic E-state index is 3.64. The molecule has 0 aliphatic carbocycles. The number of hydrogen-bond acceptors (Lipinski definition) is 3. The van der Waals surface area contributed by atoms with Crippen LogP contribution in [0.15, 0.2) is 0 Å². The average molecular weight is 269 g/mol. The Bertz CT molecular complexity index is 257. The fourth-order valence-corrected chi connectivity index (χ4v) is 2.98. The van der Waals surface area contributed by atoms with Gasteiger partial charge >= 0.3 is 0 Å². The smallest absolute Gasteiger partial charge is 0.0226 e. The molecule has 1 saturated heterocycles. The molecule has 1 aliphatic rings. The Morgan fingerprint density at radius 1 is 1.26 bits per heavy atom. The van der Waals surface area contributed by atoms with Crippen LogP contribution in [0.1, 0.15) is 47.5 Å². The summed E-state index contributed by atoms with van der Waals surface area (Å²) in [5.74, 6) is 0.696. The second-order valence-corrected chi connectivity index (χ2v) is 7.64. The van der Waals surface area contributed by atoms with Crippen molar-refractivity contribution < 1.29 is 0 Å². The molecular formula is C16H35N3. The molecule has 114 valence electrons. The minimum atomic E-state index is 0.224. The predicted octanol–water partition coefficient (Wildman–Crippen LogP) is 2.43. The van der Waals surface area contributed by atoms with Crippen LogP contribution in [-0.4, -0.2) is 61.2 Å². The summed E-state index contributed by atoms with van der Waals surface area (Å²) in [7, 11) is 4.37. The molecule has 0 saturated carbocycles. The molecular weight excluding hydrogens is 234 g/mol. The van der Waals surface area contributed by atoms with Crippen molar-refractivity contribution in [3.63, 3.8) is 0 Å². The highest BCUT2D eigenvalue weighted by Gasteiger charge is 2.31. The van der Waals surface area contributed by atoms with Crippen molar-refractivity contribution in [2.75, 3.05) is 33.7 Å². The Kier molecular flexibility index (Phi) is 6.28. The van der Waals surface area contributed by atoms with E-state index in [-0.39, 0.29) is 5.54 Å². The summed E-state index contributed by atoms with van der Waals surface area (Å²) < 4.78 is 0. The van der Waals surface area contributed by atoms with Gasteiger partial charge in [0.05, 0.1) is 0 Å². The predicted molar refractivity (Wildman–Crippen MR) is 84.7 cm³/mol. The first-order chi connectivity index (χ1) is 8.70. The fourth-order valence-electron chi connectivity index (χ4n) is 2.98. The lowest BCUT2D eigenvalue weighted by atomic mass is 9.99. The van der Waals surface area contributed by atoms with Crippen LogP contribution in [0.5, 0.6) is 0 Å². The van der Waals surface area contributed by atoms with E-state index < -0.39 is 0 Å². The van der Waals surface area contributed by atoms with Gasteiger partial charge in [0.2, 0.25) is 0 Å². The molecule has 0 aromatic heterocycles. The molecule has 3 unspecified atom stereocenters. The Hall–Kier alpha value is -0.120. The number of likely N-dealkylation sites (tertiary alicyclic amines) is 1. The monoisotopic (exact) mass is 269 g/mol. The number of nitrogens with zero attached hydrogens (tertiary/aromatic N) is 2. The van der Waals surface area contributed by atoms with Crippen LogP contribution in [0, 0.1) is 5.92 Å². The number of rotatable bonds is 6. The third-order valence-electron chi connectivity index (χ3n) is 4.30. The van der Waals surface area contributed by atoms with Crippen LogP contribution in [0.25, 0.3) is 0 Å². The summed E-state index contributed by atoms with van der Waals surface area (Å²) >= 11 is 0. The van der Waals surface area contributed by atoms with E-state index in [4.69, 9.17) is 0 Å². The van der Waals surface area contributed by atoms with Crippen molar-refractivity contribution in [1.82, 2.24) is 15.1 Å². The van der Waals surface area contributed by atoms with Gasteiger partial charge in [-0.2, -0.15) is 0 Å². The lowest BCUT2D eigenvalue weighted by Gasteiger charge is -2.36. The molecule has 1 N–H and O–H groups in total. The van der Waals surface area contributed by atoms with Gasteiger partial charge in [0.25, 0.3) is 0 Å². The molecule has 3 nitrogen and oxygen atoms in total. The standard InChI is InChI=1S/C16H35N3/c1-13(11-17-16(3,4)5)14(2)19-10-8-9-15(19)12-18(6)7/h13-15,17H,8-12H2,1-7H3. The van der Waals surface area contributed by atoms with Crippen LogP contribution >= 0.6 is 0 Å². The van der Waals surface area contributed by atoms with E-state index in [2.05, 4.69) is 63.8 Å². The molecule has 0 amide bonds. The first-order valence-electron chi connectivity index (χ1n) is 7.86. The summed E-state index contributed by atoms with van der Waals surface area (Å²) in [6.45, 7) is 15.1. The largest absolute Gasteiger partial charge is 0.312 e. The third-order valence-corrected chi connectivity index (χ3v) is 4.30. The van der Waals surface area contributed by atoms with Crippen LogP contribution < -0.4 is 5.32 Å². The van der Waals surface area contributed by atoms with Crippen LogP contribution in [-0.2, 0) is 0 Å². The third kappa shape index (κ3) is 5.80. The Morgan fingerprint density at radius 3 is 2.42 bits per heavy atom. The minimum Gasteiger partial charge on any atom is -0.312 e. The Labute approximate surface area is 120 Å². The van der Waals surface area contributed by atoms with E-state index in [9.17, 15) is 0 Å². The van der Waals surface area contributed by atoms with Gasteiger partial charge in [-0.25, -0.2) is 0 Å². The molecule has 0 bridgehead atoms. The highest BCUT2D eigenvalue weighted by Crippen LogP contribution is 2.24. The zero-order valence-corrected chi connectivity index (χ0v) is 14.2. The summed E-state index contributed by atoms with van der Waals surface area (Å²) in [6.07, 6.45) is 2.73. The van der Waals surface area contributed by atoms with Crippen molar-refractivity contribution in [3.8, 4) is 0 Å². The topological polar surface area (TPSA) is 18.5 Å². The summed E-state index contributed by atoms with van der Waals surface area (Å²) in [5.41, 5.74) is 0.224. The number of nitrogens with one attached hydrogen (secondary N) is 1. The van der Waals surface area contributed by atoms with E-state index >= 15 is 0 Å². The molecule has 0 aromatic rings. The van der Waals surface area contributed by atoms with Crippen molar-refractivity contribution in [2.24, 2.45) is 5.92 Å². The molecule has 0 radical (unpaired) electrons. The van der Waals surface area contributed by atoms with Crippen LogP contribution in [0.4, 0.5) is 0 Å². The zero-order chi connectivity index (χ0) is 14.6. The van der Waals surface area contributed by atoms with Crippen molar-refractivity contribution in [3.05, 3.63) is 0 Å². The van der Waals surface area contributed by atoms with E-state index in [0.717, 1.165) is 12.6 Å². The maximum atomic E-state index is 3.64. The molecule has 3 atom stereocenters. The normalized spacial score (nSPS) is 24.9. The molecule has 1 fully saturated rings. The quantitative estimate of drug-likeness (QED) is 0.799. The van der Waals surface area contributed by atoms with E-state index in [0.29, 0.717) is 12.0 Å². The zero-order valence-electron chi connectivity index (χ0n) is 14.2. The molecule has 1 rings (SSSR count). The molecule has 19 heavy (non-hydrogen) atoms. The number of hydrogen-bond donors (Lipinski definition) is 1. The van der Waals surface area contributed by atoms with Gasteiger partial charge in [0.1, 0.15) is 0 Å². The van der Waals surface area contributed by atoms with Crippen molar-refractivity contribution in [2.45, 2.75) is 65.1 Å². The Morgan fingerprint density at radius 2 is 1.89 bits per heavy atom. The average Bonchev–Trinajstić information content (AvgIpc) is 2.71. The molecule has 3 heteroatoms. The van der Waals surface area contributed by atoms with E-state index in [1.54, 1.807) is 0 Å². The SMILES string of the molecule is CC(CNC(C)(C)C)C(C)N1CCCC1CN(C)C. The first kappa shape index (κ1) is 16.9. The van der Waals surface area contributed by atoms with Crippen LogP contribution in [0.2, 0.25) is 0 Å². The van der Waals surface area contributed by atoms with Gasteiger partial charge in [-0.1, -0.05) is 6.92 Å². The van der Waals surface area contributed by atoms with E-state index in [1.807, 2.05) is 0 Å². The highest BCUT2D eigenvalue weighted by molar-refractivity contribution is 4.87. The van der Waals surface area contributed by atoms with E-state index in [1.165, 1.54) is 25.9 Å². The molecule has 1 heterocycles. The first-order valence-corrected chi connectivity index (χ1v) is 7.86. The second kappa shape index (κ2) is 7.05.